The first-order chi connectivity index (χ1) is 18.7. The van der Waals surface area contributed by atoms with Gasteiger partial charge in [-0.05, 0) is 46.7 Å². The second kappa shape index (κ2) is 12.0. The number of amides is 2. The van der Waals surface area contributed by atoms with E-state index in [4.69, 9.17) is 4.74 Å². The molecule has 7 nitrogen and oxygen atoms in total. The molecule has 2 amide bonds. The van der Waals surface area contributed by atoms with Gasteiger partial charge in [0, 0.05) is 5.56 Å². The molecule has 0 aromatic heterocycles. The van der Waals surface area contributed by atoms with E-state index in [0.29, 0.717) is 11.1 Å². The van der Waals surface area contributed by atoms with E-state index in [1.807, 2.05) is 24.3 Å². The lowest BCUT2D eigenvalue weighted by Gasteiger charge is -2.18. The summed E-state index contributed by atoms with van der Waals surface area (Å²) in [5.41, 5.74) is -0.206. The summed E-state index contributed by atoms with van der Waals surface area (Å²) in [4.78, 5) is 37.6. The lowest BCUT2D eigenvalue weighted by Crippen LogP contribution is -2.34. The van der Waals surface area contributed by atoms with Crippen LogP contribution in [0.4, 0.5) is 18.9 Å². The van der Waals surface area contributed by atoms with Gasteiger partial charge in [0.25, 0.3) is 11.8 Å². The Morgan fingerprint density at radius 3 is 2.31 bits per heavy atom. The number of ether oxygens (including phenoxy) is 1. The monoisotopic (exact) mass is 533 g/mol. The molecular weight excluding hydrogens is 511 g/mol. The highest BCUT2D eigenvalue weighted by atomic mass is 19.4. The Hall–Kier alpha value is -4.99. The van der Waals surface area contributed by atoms with Crippen molar-refractivity contribution < 1.29 is 32.3 Å². The number of hydrogen-bond donors (Lipinski definition) is 1. The van der Waals surface area contributed by atoms with Crippen LogP contribution in [0.15, 0.2) is 102 Å². The first-order valence-electron chi connectivity index (χ1n) is 11.7. The van der Waals surface area contributed by atoms with Gasteiger partial charge in [-0.3, -0.25) is 14.4 Å². The van der Waals surface area contributed by atoms with Gasteiger partial charge in [0.05, 0.1) is 17.5 Å². The second-order valence-corrected chi connectivity index (χ2v) is 8.31. The molecule has 4 aromatic carbocycles. The maximum atomic E-state index is 13.2. The quantitative estimate of drug-likeness (QED) is 0.192. The van der Waals surface area contributed by atoms with E-state index in [1.54, 1.807) is 48.5 Å². The third kappa shape index (κ3) is 7.29. The SMILES string of the molecule is O=C(CNC(=O)c1ccc2ccccc2c1)OCC(=O)N(N=Cc1ccccc1)c1cccc(C(F)(F)F)c1. The smallest absolute Gasteiger partial charge is 0.416 e. The van der Waals surface area contributed by atoms with Crippen molar-refractivity contribution in [3.63, 3.8) is 0 Å². The molecule has 0 aliphatic carbocycles. The summed E-state index contributed by atoms with van der Waals surface area (Å²) in [5.74, 6) is -2.31. The van der Waals surface area contributed by atoms with Gasteiger partial charge in [-0.15, -0.1) is 0 Å². The van der Waals surface area contributed by atoms with Gasteiger partial charge in [-0.25, -0.2) is 0 Å². The van der Waals surface area contributed by atoms with Crippen molar-refractivity contribution in [3.8, 4) is 0 Å². The van der Waals surface area contributed by atoms with Crippen molar-refractivity contribution in [1.82, 2.24) is 5.32 Å². The number of nitrogens with zero attached hydrogens (tertiary/aromatic N) is 2. The van der Waals surface area contributed by atoms with Crippen molar-refractivity contribution >= 4 is 40.5 Å². The van der Waals surface area contributed by atoms with Crippen LogP contribution < -0.4 is 10.3 Å². The van der Waals surface area contributed by atoms with Gasteiger partial charge >= 0.3 is 12.1 Å². The van der Waals surface area contributed by atoms with E-state index in [9.17, 15) is 27.6 Å². The number of carbonyl (C=O) groups is 3. The molecule has 0 spiro atoms. The first kappa shape index (κ1) is 27.1. The first-order valence-corrected chi connectivity index (χ1v) is 11.7. The Morgan fingerprint density at radius 2 is 1.56 bits per heavy atom. The summed E-state index contributed by atoms with van der Waals surface area (Å²) in [6.45, 7) is -1.33. The molecule has 0 saturated heterocycles. The van der Waals surface area contributed by atoms with E-state index >= 15 is 0 Å². The molecule has 4 aromatic rings. The molecular formula is C29H22F3N3O4. The van der Waals surface area contributed by atoms with Gasteiger partial charge in [0.15, 0.2) is 6.61 Å². The maximum absolute atomic E-state index is 13.2. The van der Waals surface area contributed by atoms with Gasteiger partial charge in [0.2, 0.25) is 0 Å². The fourth-order valence-electron chi connectivity index (χ4n) is 3.59. The van der Waals surface area contributed by atoms with Gasteiger partial charge in [0.1, 0.15) is 6.54 Å². The Morgan fingerprint density at radius 1 is 0.846 bits per heavy atom. The van der Waals surface area contributed by atoms with Crippen LogP contribution in [-0.2, 0) is 20.5 Å². The van der Waals surface area contributed by atoms with Crippen molar-refractivity contribution in [2.45, 2.75) is 6.18 Å². The molecule has 0 fully saturated rings. The molecule has 0 saturated carbocycles. The molecule has 4 rings (SSSR count). The van der Waals surface area contributed by atoms with E-state index in [2.05, 4.69) is 10.4 Å². The van der Waals surface area contributed by atoms with Gasteiger partial charge < -0.3 is 10.1 Å². The average molecular weight is 534 g/mol. The van der Waals surface area contributed by atoms with Gasteiger partial charge in [-0.2, -0.15) is 23.3 Å². The minimum Gasteiger partial charge on any atom is -0.454 e. The fraction of sp³-hybridized carbons (Fsp3) is 0.103. The van der Waals surface area contributed by atoms with Crippen LogP contribution in [0.5, 0.6) is 0 Å². The largest absolute Gasteiger partial charge is 0.454 e. The summed E-state index contributed by atoms with van der Waals surface area (Å²) >= 11 is 0. The van der Waals surface area contributed by atoms with E-state index < -0.39 is 42.7 Å². The van der Waals surface area contributed by atoms with Gasteiger partial charge in [-0.1, -0.05) is 66.7 Å². The number of alkyl halides is 3. The average Bonchev–Trinajstić information content (AvgIpc) is 2.95. The zero-order chi connectivity index (χ0) is 27.8. The zero-order valence-corrected chi connectivity index (χ0v) is 20.4. The number of carbonyl (C=O) groups excluding carboxylic acids is 3. The highest BCUT2D eigenvalue weighted by Gasteiger charge is 2.31. The predicted octanol–water partition coefficient (Wildman–Crippen LogP) is 5.20. The highest BCUT2D eigenvalue weighted by Crippen LogP contribution is 2.31. The van der Waals surface area contributed by atoms with Crippen molar-refractivity contribution in [1.29, 1.82) is 0 Å². The highest BCUT2D eigenvalue weighted by molar-refractivity contribution is 6.00. The van der Waals surface area contributed by atoms with E-state index in [1.165, 1.54) is 12.3 Å². The summed E-state index contributed by atoms with van der Waals surface area (Å²) in [7, 11) is 0. The summed E-state index contributed by atoms with van der Waals surface area (Å²) in [6.07, 6.45) is -3.34. The second-order valence-electron chi connectivity index (χ2n) is 8.31. The fourth-order valence-corrected chi connectivity index (χ4v) is 3.59. The number of hydrazone groups is 1. The number of hydrogen-bond acceptors (Lipinski definition) is 5. The number of benzene rings is 4. The lowest BCUT2D eigenvalue weighted by atomic mass is 10.1. The number of rotatable bonds is 8. The molecule has 198 valence electrons. The molecule has 0 aliphatic rings. The normalized spacial score (nSPS) is 11.4. The summed E-state index contributed by atoms with van der Waals surface area (Å²) in [5, 5.41) is 8.99. The third-order valence-corrected chi connectivity index (χ3v) is 5.54. The molecule has 0 bridgehead atoms. The number of halogens is 3. The maximum Gasteiger partial charge on any atom is 0.416 e. The van der Waals surface area contributed by atoms with Crippen LogP contribution in [0.2, 0.25) is 0 Å². The van der Waals surface area contributed by atoms with Crippen LogP contribution in [0.1, 0.15) is 21.5 Å². The Bertz CT molecular complexity index is 1520. The number of fused-ring (bicyclic) bond motifs is 1. The van der Waals surface area contributed by atoms with Crippen LogP contribution in [0, 0.1) is 0 Å². The lowest BCUT2D eigenvalue weighted by molar-refractivity contribution is -0.146. The number of nitrogens with one attached hydrogen (secondary N) is 1. The molecule has 0 unspecified atom stereocenters. The summed E-state index contributed by atoms with van der Waals surface area (Å²) in [6, 6.07) is 25.2. The molecule has 0 atom stereocenters. The standard InChI is InChI=1S/C29H22F3N3O4/c30-29(31,32)24-11-6-12-25(16-24)35(34-17-20-7-2-1-3-8-20)26(36)19-39-27(37)18-33-28(38)23-14-13-21-9-4-5-10-22(21)15-23/h1-17H,18-19H2,(H,33,38). The van der Waals surface area contributed by atoms with Crippen molar-refractivity contribution in [2.24, 2.45) is 5.10 Å². The Labute approximate surface area is 221 Å². The van der Waals surface area contributed by atoms with Crippen LogP contribution >= 0.6 is 0 Å². The zero-order valence-electron chi connectivity index (χ0n) is 20.4. The Balaban J connectivity index is 1.41. The predicted molar refractivity (Wildman–Crippen MR) is 140 cm³/mol. The Kier molecular flexibility index (Phi) is 8.35. The molecule has 1 N–H and O–H groups in total. The molecule has 0 radical (unpaired) electrons. The number of anilines is 1. The van der Waals surface area contributed by atoms with Crippen LogP contribution in [0.3, 0.4) is 0 Å². The number of esters is 1. The minimum absolute atomic E-state index is 0.164. The molecule has 39 heavy (non-hydrogen) atoms. The molecule has 0 aliphatic heterocycles. The third-order valence-electron chi connectivity index (χ3n) is 5.54. The summed E-state index contributed by atoms with van der Waals surface area (Å²) < 4.78 is 44.7. The topological polar surface area (TPSA) is 88.1 Å². The van der Waals surface area contributed by atoms with E-state index in [-0.39, 0.29) is 5.69 Å². The van der Waals surface area contributed by atoms with Crippen LogP contribution in [-0.4, -0.2) is 37.1 Å². The van der Waals surface area contributed by atoms with E-state index in [0.717, 1.165) is 34.0 Å². The van der Waals surface area contributed by atoms with Crippen molar-refractivity contribution in [3.05, 3.63) is 114 Å². The van der Waals surface area contributed by atoms with Crippen LogP contribution in [0.25, 0.3) is 10.8 Å². The minimum atomic E-state index is -4.64. The molecule has 10 heteroatoms. The molecule has 0 heterocycles. The van der Waals surface area contributed by atoms with Crippen molar-refractivity contribution in [2.75, 3.05) is 18.2 Å².